The second kappa shape index (κ2) is 7.44. The van der Waals surface area contributed by atoms with Crippen molar-refractivity contribution in [3.8, 4) is 0 Å². The molecule has 0 saturated carbocycles. The monoisotopic (exact) mass is 346 g/mol. The first-order valence-electron chi connectivity index (χ1n) is 7.80. The summed E-state index contributed by atoms with van der Waals surface area (Å²) in [6, 6.07) is 7.64. The molecule has 2 heterocycles. The number of nitrogens with one attached hydrogen (secondary N) is 1. The third-order valence-electron chi connectivity index (χ3n) is 3.94. The summed E-state index contributed by atoms with van der Waals surface area (Å²) in [4.78, 5) is 19.8. The van der Waals surface area contributed by atoms with Crippen LogP contribution in [0.5, 0.6) is 0 Å². The number of nitrogens with zero attached hydrogens (tertiary/aromatic N) is 5. The highest BCUT2D eigenvalue weighted by molar-refractivity contribution is 6.30. The number of piperazine rings is 1. The van der Waals surface area contributed by atoms with Crippen molar-refractivity contribution in [2.24, 2.45) is 0 Å². The van der Waals surface area contributed by atoms with Crippen LogP contribution >= 0.6 is 11.6 Å². The number of benzene rings is 1. The summed E-state index contributed by atoms with van der Waals surface area (Å²) in [5.74, 6) is 1.36. The van der Waals surface area contributed by atoms with Crippen LogP contribution in [0.2, 0.25) is 5.02 Å². The Balaban J connectivity index is 1.60. The van der Waals surface area contributed by atoms with Gasteiger partial charge in [-0.2, -0.15) is 10.1 Å². The zero-order chi connectivity index (χ0) is 16.9. The van der Waals surface area contributed by atoms with E-state index in [1.165, 1.54) is 0 Å². The molecule has 3 rings (SSSR count). The van der Waals surface area contributed by atoms with E-state index in [1.54, 1.807) is 13.1 Å². The molecular weight excluding hydrogens is 328 g/mol. The van der Waals surface area contributed by atoms with Gasteiger partial charge in [-0.1, -0.05) is 23.7 Å². The summed E-state index contributed by atoms with van der Waals surface area (Å²) in [5.41, 5.74) is 1.11. The molecular formula is C16H19ClN6O. The molecule has 0 bridgehead atoms. The third-order valence-corrected chi connectivity index (χ3v) is 4.19. The Morgan fingerprint density at radius 1 is 1.21 bits per heavy atom. The maximum absolute atomic E-state index is 11.4. The zero-order valence-corrected chi connectivity index (χ0v) is 14.2. The van der Waals surface area contributed by atoms with Crippen LogP contribution in [-0.4, -0.2) is 52.2 Å². The molecule has 0 atom stereocenters. The van der Waals surface area contributed by atoms with E-state index < -0.39 is 0 Å². The minimum Gasteiger partial charge on any atom is -0.365 e. The zero-order valence-electron chi connectivity index (χ0n) is 13.4. The van der Waals surface area contributed by atoms with Crippen molar-refractivity contribution in [2.75, 3.05) is 36.4 Å². The van der Waals surface area contributed by atoms with Crippen LogP contribution in [-0.2, 0) is 11.3 Å². The SMILES string of the molecule is CC(=O)N1CCN(c2nncc(NCc3ccc(Cl)cc3)n2)CC1. The number of carbonyl (C=O) groups is 1. The maximum atomic E-state index is 11.4. The Kier molecular flexibility index (Phi) is 5.10. The number of rotatable bonds is 4. The Hall–Kier alpha value is -2.41. The Labute approximate surface area is 145 Å². The molecule has 1 aromatic carbocycles. The number of halogens is 1. The molecule has 24 heavy (non-hydrogen) atoms. The topological polar surface area (TPSA) is 74.2 Å². The largest absolute Gasteiger partial charge is 0.365 e. The standard InChI is InChI=1S/C16H19ClN6O/c1-12(24)22-6-8-23(9-7-22)16-20-15(11-19-21-16)18-10-13-2-4-14(17)5-3-13/h2-5,11H,6-10H2,1H3,(H,18,20,21). The van der Waals surface area contributed by atoms with Crippen molar-refractivity contribution in [2.45, 2.75) is 13.5 Å². The molecule has 8 heteroatoms. The summed E-state index contributed by atoms with van der Waals surface area (Å²) < 4.78 is 0. The van der Waals surface area contributed by atoms with Gasteiger partial charge in [-0.25, -0.2) is 0 Å². The number of carbonyl (C=O) groups excluding carboxylic acids is 1. The van der Waals surface area contributed by atoms with Gasteiger partial charge >= 0.3 is 0 Å². The summed E-state index contributed by atoms with van der Waals surface area (Å²) >= 11 is 5.88. The highest BCUT2D eigenvalue weighted by Crippen LogP contribution is 2.14. The fraction of sp³-hybridized carbons (Fsp3) is 0.375. The molecule has 0 radical (unpaired) electrons. The van der Waals surface area contributed by atoms with E-state index in [9.17, 15) is 4.79 Å². The Morgan fingerprint density at radius 2 is 1.92 bits per heavy atom. The first kappa shape index (κ1) is 16.4. The smallest absolute Gasteiger partial charge is 0.247 e. The molecule has 126 valence electrons. The van der Waals surface area contributed by atoms with E-state index in [-0.39, 0.29) is 5.91 Å². The van der Waals surface area contributed by atoms with Crippen LogP contribution in [0.25, 0.3) is 0 Å². The minimum atomic E-state index is 0.104. The van der Waals surface area contributed by atoms with E-state index in [1.807, 2.05) is 34.1 Å². The lowest BCUT2D eigenvalue weighted by Crippen LogP contribution is -2.48. The van der Waals surface area contributed by atoms with Crippen LogP contribution in [0.15, 0.2) is 30.5 Å². The van der Waals surface area contributed by atoms with Crippen LogP contribution in [0.4, 0.5) is 11.8 Å². The molecule has 0 unspecified atom stereocenters. The number of aromatic nitrogens is 3. The Morgan fingerprint density at radius 3 is 2.58 bits per heavy atom. The second-order valence-corrected chi connectivity index (χ2v) is 6.05. The van der Waals surface area contributed by atoms with E-state index in [4.69, 9.17) is 11.6 Å². The fourth-order valence-electron chi connectivity index (χ4n) is 2.53. The van der Waals surface area contributed by atoms with E-state index in [0.29, 0.717) is 44.5 Å². The predicted octanol–water partition coefficient (Wildman–Crippen LogP) is 1.81. The average Bonchev–Trinajstić information content (AvgIpc) is 2.61. The summed E-state index contributed by atoms with van der Waals surface area (Å²) in [6.45, 7) is 5.01. The van der Waals surface area contributed by atoms with Crippen LogP contribution in [0, 0.1) is 0 Å². The van der Waals surface area contributed by atoms with Gasteiger partial charge < -0.3 is 15.1 Å². The molecule has 1 amide bonds. The normalized spacial score (nSPS) is 14.6. The molecule has 1 aliphatic heterocycles. The molecule has 0 aliphatic carbocycles. The summed E-state index contributed by atoms with van der Waals surface area (Å²) in [6.07, 6.45) is 1.60. The van der Waals surface area contributed by atoms with Crippen molar-refractivity contribution < 1.29 is 4.79 Å². The second-order valence-electron chi connectivity index (χ2n) is 5.61. The predicted molar refractivity (Wildman–Crippen MR) is 93.1 cm³/mol. The van der Waals surface area contributed by atoms with Gasteiger partial charge in [-0.15, -0.1) is 5.10 Å². The summed E-state index contributed by atoms with van der Waals surface area (Å²) in [5, 5.41) is 12.1. The molecule has 1 aromatic heterocycles. The molecule has 1 aliphatic rings. The lowest BCUT2D eigenvalue weighted by Gasteiger charge is -2.33. The van der Waals surface area contributed by atoms with Crippen LogP contribution in [0.1, 0.15) is 12.5 Å². The van der Waals surface area contributed by atoms with Crippen molar-refractivity contribution >= 4 is 29.3 Å². The van der Waals surface area contributed by atoms with E-state index >= 15 is 0 Å². The van der Waals surface area contributed by atoms with Crippen LogP contribution in [0.3, 0.4) is 0 Å². The van der Waals surface area contributed by atoms with Gasteiger partial charge in [-0.3, -0.25) is 4.79 Å². The lowest BCUT2D eigenvalue weighted by atomic mass is 10.2. The van der Waals surface area contributed by atoms with Crippen molar-refractivity contribution in [1.82, 2.24) is 20.1 Å². The molecule has 2 aromatic rings. The van der Waals surface area contributed by atoms with Crippen molar-refractivity contribution in [3.05, 3.63) is 41.0 Å². The van der Waals surface area contributed by atoms with Gasteiger partial charge in [0.25, 0.3) is 0 Å². The minimum absolute atomic E-state index is 0.104. The maximum Gasteiger partial charge on any atom is 0.247 e. The number of hydrogen-bond acceptors (Lipinski definition) is 6. The quantitative estimate of drug-likeness (QED) is 0.910. The lowest BCUT2D eigenvalue weighted by molar-refractivity contribution is -0.129. The first-order valence-corrected chi connectivity index (χ1v) is 8.18. The average molecular weight is 347 g/mol. The molecule has 1 N–H and O–H groups in total. The van der Waals surface area contributed by atoms with Crippen molar-refractivity contribution in [1.29, 1.82) is 0 Å². The Bertz CT molecular complexity index is 700. The molecule has 0 spiro atoms. The molecule has 7 nitrogen and oxygen atoms in total. The molecule has 1 fully saturated rings. The van der Waals surface area contributed by atoms with Gasteiger partial charge in [0.15, 0.2) is 5.82 Å². The summed E-state index contributed by atoms with van der Waals surface area (Å²) in [7, 11) is 0. The first-order chi connectivity index (χ1) is 11.6. The number of anilines is 2. The van der Waals surface area contributed by atoms with Gasteiger partial charge in [-0.05, 0) is 17.7 Å². The number of hydrogen-bond donors (Lipinski definition) is 1. The van der Waals surface area contributed by atoms with Crippen LogP contribution < -0.4 is 10.2 Å². The van der Waals surface area contributed by atoms with Gasteiger partial charge in [0, 0.05) is 44.7 Å². The third kappa shape index (κ3) is 4.11. The van der Waals surface area contributed by atoms with Gasteiger partial charge in [0.05, 0.1) is 6.20 Å². The van der Waals surface area contributed by atoms with E-state index in [0.717, 1.165) is 10.6 Å². The number of amides is 1. The van der Waals surface area contributed by atoms with Gasteiger partial charge in [0.2, 0.25) is 11.9 Å². The molecule has 1 saturated heterocycles. The fourth-order valence-corrected chi connectivity index (χ4v) is 2.66. The van der Waals surface area contributed by atoms with E-state index in [2.05, 4.69) is 20.5 Å². The highest BCUT2D eigenvalue weighted by Gasteiger charge is 2.20. The highest BCUT2D eigenvalue weighted by atomic mass is 35.5. The van der Waals surface area contributed by atoms with Crippen molar-refractivity contribution in [3.63, 3.8) is 0 Å². The van der Waals surface area contributed by atoms with Gasteiger partial charge in [0.1, 0.15) is 0 Å².